The van der Waals surface area contributed by atoms with E-state index in [1.165, 1.54) is 39.1 Å². The molecule has 0 fully saturated rings. The number of hydrogen-bond donors (Lipinski definition) is 0. The van der Waals surface area contributed by atoms with Crippen molar-refractivity contribution in [1.82, 2.24) is 14.5 Å². The molecular formula is C71H62IrN4O+. The predicted molar refractivity (Wildman–Crippen MR) is 317 cm³/mol. The largest absolute Gasteiger partial charge is 3.00 e. The zero-order valence-electron chi connectivity index (χ0n) is 47.7. The van der Waals surface area contributed by atoms with Crippen molar-refractivity contribution in [2.75, 3.05) is 0 Å². The van der Waals surface area contributed by atoms with Gasteiger partial charge in [0, 0.05) is 20.9 Å². The second kappa shape index (κ2) is 20.9. The number of rotatable bonds is 9. The standard InChI is InChI=1S/C46H37N2O.C25H25N2.Ir/c1-27(2)36-23-33(30-13-7-6-8-14-30)24-37(28(3)4)44(36)48-41-18-12-11-17-40(41)47-46(48)35-22-19-29(5)43-39-26-38-32(25-42(39)49-45(35)43)21-20-31-15-9-10-16-34(31)38;1-17(2)20-13-10-14-21(18(3)4)24(20)27-23-16-9-8-15-22(23)26-25(27)19-11-6-5-7-12-19;/h6-21,23-28H,1-5H3;5-11,13-18H,1-4H3;/q2*-1;+3/i5D3;;. The monoisotopic (exact) mass is 1180 g/mol. The van der Waals surface area contributed by atoms with Gasteiger partial charge in [0.15, 0.2) is 0 Å². The minimum absolute atomic E-state index is 0. The van der Waals surface area contributed by atoms with Gasteiger partial charge in [-0.15, -0.1) is 53.6 Å². The van der Waals surface area contributed by atoms with Crippen molar-refractivity contribution in [3.8, 4) is 45.3 Å². The van der Waals surface area contributed by atoms with Gasteiger partial charge in [0.1, 0.15) is 5.58 Å². The summed E-state index contributed by atoms with van der Waals surface area (Å²) in [6.45, 7) is 15.6. The van der Waals surface area contributed by atoms with Crippen LogP contribution in [0.2, 0.25) is 0 Å². The summed E-state index contributed by atoms with van der Waals surface area (Å²) in [5, 5.41) is 5.65. The van der Waals surface area contributed by atoms with Gasteiger partial charge in [-0.3, -0.25) is 9.97 Å². The molecule has 10 aromatic carbocycles. The molecule has 3 heterocycles. The zero-order valence-corrected chi connectivity index (χ0v) is 47.1. The van der Waals surface area contributed by atoms with Crippen LogP contribution in [0.5, 0.6) is 0 Å². The van der Waals surface area contributed by atoms with E-state index in [0.717, 1.165) is 66.1 Å². The van der Waals surface area contributed by atoms with Crippen molar-refractivity contribution >= 4 is 65.6 Å². The molecule has 0 saturated carbocycles. The minimum Gasteiger partial charge on any atom is -0.501 e. The molecule has 0 aliphatic carbocycles. The summed E-state index contributed by atoms with van der Waals surface area (Å²) in [6, 6.07) is 71.5. The third kappa shape index (κ3) is 9.08. The molecule has 0 aliphatic heterocycles. The Morgan fingerprint density at radius 3 is 1.96 bits per heavy atom. The number of para-hydroxylation sites is 5. The summed E-state index contributed by atoms with van der Waals surface area (Å²) < 4.78 is 37.2. The van der Waals surface area contributed by atoms with Crippen molar-refractivity contribution in [3.63, 3.8) is 0 Å². The van der Waals surface area contributed by atoms with E-state index in [4.69, 9.17) is 18.5 Å². The average molecular weight is 1180 g/mol. The second-order valence-corrected chi connectivity index (χ2v) is 21.3. The van der Waals surface area contributed by atoms with E-state index < -0.39 is 6.85 Å². The molecule has 77 heavy (non-hydrogen) atoms. The van der Waals surface area contributed by atoms with E-state index in [1.807, 2.05) is 60.7 Å². The summed E-state index contributed by atoms with van der Waals surface area (Å²) in [5.41, 5.74) is 16.7. The van der Waals surface area contributed by atoms with Gasteiger partial charge in [0.05, 0.1) is 39.3 Å². The smallest absolute Gasteiger partial charge is 0.501 e. The van der Waals surface area contributed by atoms with E-state index in [-0.39, 0.29) is 37.5 Å². The molecule has 6 heteroatoms. The van der Waals surface area contributed by atoms with E-state index in [9.17, 15) is 0 Å². The molecule has 0 bridgehead atoms. The Labute approximate surface area is 469 Å². The van der Waals surface area contributed by atoms with Gasteiger partial charge in [0.25, 0.3) is 0 Å². The SMILES string of the molecule is CC(C)c1cccc(C(C)C)c1-n1c(-c2[c-]cccc2)nc2ccccc21.[2H]C([2H])([2H])c1c[c-]c(-c2[n-]c3ccccc3[n+]2-c2c(C(C)C)cc(-c3ccccc3)cc2C(C)C)c2oc3cc4ccc5ccccc5c4cc3c12.[Ir+3]. The summed E-state index contributed by atoms with van der Waals surface area (Å²) in [4.78, 5) is 10.3. The second-order valence-electron chi connectivity index (χ2n) is 21.3. The third-order valence-corrected chi connectivity index (χ3v) is 15.0. The first-order valence-electron chi connectivity index (χ1n) is 28.2. The average Bonchev–Trinajstić information content (AvgIpc) is 4.35. The number of aromatic nitrogens is 4. The van der Waals surface area contributed by atoms with Gasteiger partial charge in [-0.1, -0.05) is 182 Å². The fourth-order valence-electron chi connectivity index (χ4n) is 11.3. The molecule has 0 spiro atoms. The van der Waals surface area contributed by atoms with Crippen LogP contribution in [0.15, 0.2) is 192 Å². The van der Waals surface area contributed by atoms with Crippen LogP contribution in [0, 0.1) is 19.0 Å². The van der Waals surface area contributed by atoms with Gasteiger partial charge in [-0.05, 0) is 127 Å². The Bertz CT molecular complexity index is 4380. The quantitative estimate of drug-likeness (QED) is 0.0822. The molecule has 3 aromatic heterocycles. The summed E-state index contributed by atoms with van der Waals surface area (Å²) in [6.07, 6.45) is 0. The number of benzene rings is 10. The van der Waals surface area contributed by atoms with Gasteiger partial charge in [-0.25, -0.2) is 0 Å². The van der Waals surface area contributed by atoms with Crippen LogP contribution in [0.1, 0.15) is 111 Å². The molecule has 0 amide bonds. The molecule has 0 N–H and O–H groups in total. The molecule has 0 saturated heterocycles. The first-order chi connectivity index (χ1) is 38.2. The molecule has 13 rings (SSSR count). The normalized spacial score (nSPS) is 12.5. The number of nitrogens with zero attached hydrogens (tertiary/aromatic N) is 4. The van der Waals surface area contributed by atoms with Crippen molar-refractivity contribution in [3.05, 3.63) is 228 Å². The molecule has 5 nitrogen and oxygen atoms in total. The van der Waals surface area contributed by atoms with Crippen LogP contribution < -0.4 is 9.55 Å². The number of hydrogen-bond acceptors (Lipinski definition) is 2. The van der Waals surface area contributed by atoms with Crippen molar-refractivity contribution in [2.24, 2.45) is 0 Å². The van der Waals surface area contributed by atoms with Crippen LogP contribution in [-0.2, 0) is 20.1 Å². The van der Waals surface area contributed by atoms with Crippen LogP contribution in [0.3, 0.4) is 0 Å². The Kier molecular flexibility index (Phi) is 12.9. The topological polar surface area (TPSA) is 48.9 Å². The molecular weight excluding hydrogens is 1120 g/mol. The predicted octanol–water partition coefficient (Wildman–Crippen LogP) is 18.7. The van der Waals surface area contributed by atoms with Crippen molar-refractivity contribution in [1.29, 1.82) is 0 Å². The molecule has 0 radical (unpaired) electrons. The number of imidazole rings is 2. The van der Waals surface area contributed by atoms with Gasteiger partial charge >= 0.3 is 20.1 Å². The zero-order chi connectivity index (χ0) is 54.9. The maximum atomic E-state index is 8.60. The molecule has 380 valence electrons. The number of aryl methyl sites for hydroxylation is 1. The molecule has 13 aromatic rings. The van der Waals surface area contributed by atoms with Crippen LogP contribution in [-0.4, -0.2) is 9.55 Å². The fourth-order valence-corrected chi connectivity index (χ4v) is 11.3. The molecule has 0 unspecified atom stereocenters. The summed E-state index contributed by atoms with van der Waals surface area (Å²) >= 11 is 0. The van der Waals surface area contributed by atoms with E-state index in [1.54, 1.807) is 6.07 Å². The maximum Gasteiger partial charge on any atom is 3.00 e. The molecule has 0 atom stereocenters. The number of furan rings is 1. The van der Waals surface area contributed by atoms with Crippen LogP contribution in [0.25, 0.3) is 111 Å². The van der Waals surface area contributed by atoms with E-state index in [0.29, 0.717) is 39.8 Å². The Morgan fingerprint density at radius 1 is 0.584 bits per heavy atom. The number of fused-ring (bicyclic) bond motifs is 8. The fraction of sp³-hybridized carbons (Fsp3) is 0.183. The minimum atomic E-state index is -2.39. The first-order valence-corrected chi connectivity index (χ1v) is 26.7. The van der Waals surface area contributed by atoms with Crippen molar-refractivity contribution < 1.29 is 33.2 Å². The Hall–Kier alpha value is -7.89. The maximum absolute atomic E-state index is 8.60. The van der Waals surface area contributed by atoms with Gasteiger partial charge in [0.2, 0.25) is 0 Å². The Morgan fingerprint density at radius 2 is 1.25 bits per heavy atom. The summed E-state index contributed by atoms with van der Waals surface area (Å²) in [5.74, 6) is 2.85. The van der Waals surface area contributed by atoms with Crippen LogP contribution >= 0.6 is 0 Å². The van der Waals surface area contributed by atoms with Crippen molar-refractivity contribution in [2.45, 2.75) is 85.9 Å². The van der Waals surface area contributed by atoms with Crippen LogP contribution in [0.4, 0.5) is 0 Å². The van der Waals surface area contributed by atoms with Gasteiger partial charge in [-0.2, -0.15) is 0 Å². The Balaban J connectivity index is 0.000000203. The van der Waals surface area contributed by atoms with E-state index in [2.05, 4.69) is 198 Å². The third-order valence-electron chi connectivity index (χ3n) is 15.0. The van der Waals surface area contributed by atoms with E-state index >= 15 is 0 Å². The molecule has 0 aliphatic rings. The van der Waals surface area contributed by atoms with Gasteiger partial charge < -0.3 is 13.6 Å². The first kappa shape index (κ1) is 47.6. The summed E-state index contributed by atoms with van der Waals surface area (Å²) in [7, 11) is 0.